The molecule has 26 heavy (non-hydrogen) atoms. The van der Waals surface area contributed by atoms with Crippen molar-refractivity contribution in [1.29, 1.82) is 0 Å². The average Bonchev–Trinajstić information content (AvgIpc) is 3.27. The number of hydrogen-bond donors (Lipinski definition) is 3. The van der Waals surface area contributed by atoms with Crippen molar-refractivity contribution in [3.05, 3.63) is 35.9 Å². The van der Waals surface area contributed by atoms with Gasteiger partial charge in [0.2, 0.25) is 5.91 Å². The van der Waals surface area contributed by atoms with E-state index < -0.39 is 0 Å². The second kappa shape index (κ2) is 9.41. The monoisotopic (exact) mass is 401 g/mol. The van der Waals surface area contributed by atoms with Crippen LogP contribution in [-0.2, 0) is 4.79 Å². The maximum atomic E-state index is 12.5. The molecule has 0 radical (unpaired) electrons. The first-order chi connectivity index (χ1) is 11.4. The Balaban J connectivity index is 0.00000169. The van der Waals surface area contributed by atoms with Gasteiger partial charge in [0, 0.05) is 24.0 Å². The van der Waals surface area contributed by atoms with E-state index in [1.807, 2.05) is 6.07 Å². The molecule has 148 valence electrons. The van der Waals surface area contributed by atoms with Crippen LogP contribution in [0.15, 0.2) is 30.3 Å². The molecule has 3 rings (SSSR count). The molecule has 1 amide bonds. The molecular weight excluding hydrogens is 369 g/mol. The smallest absolute Gasteiger partial charge is 0.223 e. The van der Waals surface area contributed by atoms with Gasteiger partial charge in [-0.15, -0.1) is 24.8 Å². The Kier molecular flexibility index (Phi) is 8.40. The molecular formula is C20H33Cl2N3O. The van der Waals surface area contributed by atoms with Crippen molar-refractivity contribution < 1.29 is 4.79 Å². The minimum absolute atomic E-state index is 0. The van der Waals surface area contributed by atoms with E-state index in [0.717, 1.165) is 32.4 Å². The van der Waals surface area contributed by atoms with Crippen molar-refractivity contribution in [2.45, 2.75) is 51.6 Å². The highest BCUT2D eigenvalue weighted by Gasteiger charge is 2.57. The van der Waals surface area contributed by atoms with E-state index in [-0.39, 0.29) is 48.2 Å². The number of benzene rings is 1. The van der Waals surface area contributed by atoms with Crippen LogP contribution in [0, 0.1) is 11.3 Å². The second-order valence-electron chi connectivity index (χ2n) is 8.25. The van der Waals surface area contributed by atoms with Crippen LogP contribution < -0.4 is 16.0 Å². The minimum atomic E-state index is -0.138. The van der Waals surface area contributed by atoms with Crippen LogP contribution in [0.5, 0.6) is 0 Å². The second-order valence-corrected chi connectivity index (χ2v) is 8.25. The number of halogens is 2. The average molecular weight is 402 g/mol. The highest BCUT2D eigenvalue weighted by molar-refractivity contribution is 5.85. The van der Waals surface area contributed by atoms with E-state index in [1.54, 1.807) is 0 Å². The van der Waals surface area contributed by atoms with Crippen LogP contribution in [0.25, 0.3) is 0 Å². The molecule has 0 bridgehead atoms. The molecule has 1 heterocycles. The first-order valence-electron chi connectivity index (χ1n) is 9.23. The summed E-state index contributed by atoms with van der Waals surface area (Å²) in [4.78, 5) is 12.5. The quantitative estimate of drug-likeness (QED) is 0.683. The lowest BCUT2D eigenvalue weighted by Gasteiger charge is -2.31. The third-order valence-corrected chi connectivity index (χ3v) is 5.72. The first kappa shape index (κ1) is 23.2. The van der Waals surface area contributed by atoms with Gasteiger partial charge in [-0.3, -0.25) is 4.79 Å². The summed E-state index contributed by atoms with van der Waals surface area (Å²) in [5, 5.41) is 10.2. The van der Waals surface area contributed by atoms with Crippen LogP contribution in [0.1, 0.15) is 51.6 Å². The van der Waals surface area contributed by atoms with E-state index in [9.17, 15) is 4.79 Å². The third-order valence-electron chi connectivity index (χ3n) is 5.72. The molecule has 2 fully saturated rings. The van der Waals surface area contributed by atoms with E-state index in [1.165, 1.54) is 5.56 Å². The summed E-state index contributed by atoms with van der Waals surface area (Å²) in [7, 11) is 0. The first-order valence-corrected chi connectivity index (χ1v) is 9.23. The van der Waals surface area contributed by atoms with Gasteiger partial charge in [0.1, 0.15) is 0 Å². The van der Waals surface area contributed by atoms with Gasteiger partial charge in [-0.2, -0.15) is 0 Å². The maximum absolute atomic E-state index is 12.5. The van der Waals surface area contributed by atoms with Crippen molar-refractivity contribution in [3.63, 3.8) is 0 Å². The van der Waals surface area contributed by atoms with Crippen LogP contribution in [0.2, 0.25) is 0 Å². The highest BCUT2D eigenvalue weighted by atomic mass is 35.5. The molecule has 4 nitrogen and oxygen atoms in total. The summed E-state index contributed by atoms with van der Waals surface area (Å²) < 4.78 is 0. The van der Waals surface area contributed by atoms with Crippen LogP contribution in [-0.4, -0.2) is 31.1 Å². The van der Waals surface area contributed by atoms with E-state index in [0.29, 0.717) is 12.0 Å². The number of carbonyl (C=O) groups is 1. The fraction of sp³-hybridized carbons (Fsp3) is 0.650. The van der Waals surface area contributed by atoms with E-state index in [2.05, 4.69) is 61.0 Å². The Labute approximate surface area is 170 Å². The zero-order chi connectivity index (χ0) is 17.2. The molecule has 1 saturated heterocycles. The lowest BCUT2D eigenvalue weighted by Crippen LogP contribution is -2.50. The zero-order valence-corrected chi connectivity index (χ0v) is 17.6. The normalized spacial score (nSPS) is 21.9. The zero-order valence-electron chi connectivity index (χ0n) is 16.0. The van der Waals surface area contributed by atoms with Gasteiger partial charge in [-0.05, 0) is 64.1 Å². The SMILES string of the molecule is CC(NC(C)(C)CNC(=O)C1CC12CCNCC2)c1ccccc1.Cl.Cl. The standard InChI is InChI=1S/C20H31N3O.2ClH/c1-15(16-7-5-4-6-8-16)23-19(2,3)14-22-18(24)17-13-20(17)9-11-21-12-10-20;;/h4-8,15,17,21,23H,9-14H2,1-3H3,(H,22,24);2*1H. The minimum Gasteiger partial charge on any atom is -0.354 e. The summed E-state index contributed by atoms with van der Waals surface area (Å²) in [5.74, 6) is 0.487. The Morgan fingerprint density at radius 3 is 2.46 bits per heavy atom. The van der Waals surface area contributed by atoms with Crippen molar-refractivity contribution >= 4 is 30.7 Å². The van der Waals surface area contributed by atoms with Crippen molar-refractivity contribution in [1.82, 2.24) is 16.0 Å². The number of amides is 1. The largest absolute Gasteiger partial charge is 0.354 e. The molecule has 2 aliphatic rings. The Hall–Kier alpha value is -0.810. The molecule has 1 spiro atoms. The molecule has 1 aliphatic carbocycles. The number of piperidine rings is 1. The van der Waals surface area contributed by atoms with Crippen LogP contribution in [0.4, 0.5) is 0 Å². The summed E-state index contributed by atoms with van der Waals surface area (Å²) in [6, 6.07) is 10.7. The fourth-order valence-corrected chi connectivity index (χ4v) is 4.09. The van der Waals surface area contributed by atoms with Gasteiger partial charge in [0.15, 0.2) is 0 Å². The molecule has 1 aromatic rings. The van der Waals surface area contributed by atoms with Crippen molar-refractivity contribution in [2.24, 2.45) is 11.3 Å². The summed E-state index contributed by atoms with van der Waals surface area (Å²) in [6.07, 6.45) is 3.38. The molecule has 3 N–H and O–H groups in total. The van der Waals surface area contributed by atoms with Crippen molar-refractivity contribution in [3.8, 4) is 0 Å². The molecule has 6 heteroatoms. The summed E-state index contributed by atoms with van der Waals surface area (Å²) in [5.41, 5.74) is 1.44. The lowest BCUT2D eigenvalue weighted by atomic mass is 9.91. The van der Waals surface area contributed by atoms with E-state index >= 15 is 0 Å². The number of hydrogen-bond acceptors (Lipinski definition) is 3. The molecule has 2 atom stereocenters. The van der Waals surface area contributed by atoms with Gasteiger partial charge < -0.3 is 16.0 Å². The van der Waals surface area contributed by atoms with Crippen LogP contribution in [0.3, 0.4) is 0 Å². The molecule has 0 aromatic heterocycles. The van der Waals surface area contributed by atoms with Gasteiger partial charge in [-0.1, -0.05) is 30.3 Å². The van der Waals surface area contributed by atoms with Crippen LogP contribution >= 0.6 is 24.8 Å². The highest BCUT2D eigenvalue weighted by Crippen LogP contribution is 2.58. The predicted molar refractivity (Wildman–Crippen MR) is 112 cm³/mol. The fourth-order valence-electron chi connectivity index (χ4n) is 4.09. The molecule has 1 saturated carbocycles. The van der Waals surface area contributed by atoms with E-state index in [4.69, 9.17) is 0 Å². The lowest BCUT2D eigenvalue weighted by molar-refractivity contribution is -0.123. The van der Waals surface area contributed by atoms with Gasteiger partial charge in [0.05, 0.1) is 0 Å². The summed E-state index contributed by atoms with van der Waals surface area (Å²) >= 11 is 0. The van der Waals surface area contributed by atoms with Crippen molar-refractivity contribution in [2.75, 3.05) is 19.6 Å². The number of carbonyl (C=O) groups excluding carboxylic acids is 1. The molecule has 2 unspecified atom stereocenters. The predicted octanol–water partition coefficient (Wildman–Crippen LogP) is 3.47. The summed E-state index contributed by atoms with van der Waals surface area (Å²) in [6.45, 7) is 9.26. The topological polar surface area (TPSA) is 53.2 Å². The maximum Gasteiger partial charge on any atom is 0.223 e. The Bertz CT molecular complexity index is 574. The van der Waals surface area contributed by atoms with Gasteiger partial charge >= 0.3 is 0 Å². The number of rotatable bonds is 6. The van der Waals surface area contributed by atoms with Gasteiger partial charge in [0.25, 0.3) is 0 Å². The number of nitrogens with one attached hydrogen (secondary N) is 3. The molecule has 1 aliphatic heterocycles. The third kappa shape index (κ3) is 5.59. The Morgan fingerprint density at radius 2 is 1.85 bits per heavy atom. The van der Waals surface area contributed by atoms with Gasteiger partial charge in [-0.25, -0.2) is 0 Å². The molecule has 1 aromatic carbocycles. The Morgan fingerprint density at radius 1 is 1.23 bits per heavy atom.